The molecule has 2 aromatic heterocycles. The van der Waals surface area contributed by atoms with Gasteiger partial charge in [-0.3, -0.25) is 4.79 Å². The largest absolute Gasteiger partial charge is 0.619 e. The third-order valence-corrected chi connectivity index (χ3v) is 3.64. The summed E-state index contributed by atoms with van der Waals surface area (Å²) in [4.78, 5) is 15.0. The second-order valence-electron chi connectivity index (χ2n) is 5.01. The van der Waals surface area contributed by atoms with Gasteiger partial charge in [0.15, 0.2) is 12.0 Å². The van der Waals surface area contributed by atoms with Crippen LogP contribution >= 0.6 is 0 Å². The molecule has 0 radical (unpaired) electrons. The lowest BCUT2D eigenvalue weighted by Crippen LogP contribution is -2.34. The van der Waals surface area contributed by atoms with E-state index in [4.69, 9.17) is 0 Å². The molecular weight excluding hydrogens is 273 g/mol. The number of hydrogen-bond acceptors (Lipinski definition) is 2. The fraction of sp³-hybridized carbons (Fsp3) is 0.200. The van der Waals surface area contributed by atoms with E-state index in [1.54, 1.807) is 12.1 Å². The average Bonchev–Trinajstić information content (AvgIpc) is 2.88. The number of rotatable bonds is 3. The summed E-state index contributed by atoms with van der Waals surface area (Å²) in [6.45, 7) is 4.23. The molecule has 1 amide bonds. The quantitative estimate of drug-likeness (QED) is 0.514. The zero-order valence-corrected chi connectivity index (χ0v) is 11.2. The number of aromatic nitrogens is 2. The van der Waals surface area contributed by atoms with E-state index in [2.05, 4.69) is 16.9 Å². The van der Waals surface area contributed by atoms with Crippen molar-refractivity contribution in [3.8, 4) is 11.3 Å². The summed E-state index contributed by atoms with van der Waals surface area (Å²) < 4.78 is 14.3. The Morgan fingerprint density at radius 2 is 2.33 bits per heavy atom. The maximum atomic E-state index is 13.9. The number of halogens is 1. The van der Waals surface area contributed by atoms with Crippen LogP contribution in [0.25, 0.3) is 11.3 Å². The van der Waals surface area contributed by atoms with E-state index in [-0.39, 0.29) is 17.4 Å². The fourth-order valence-corrected chi connectivity index (χ4v) is 2.61. The van der Waals surface area contributed by atoms with E-state index in [9.17, 15) is 14.4 Å². The minimum atomic E-state index is -0.633. The van der Waals surface area contributed by atoms with Crippen LogP contribution in [0.5, 0.6) is 0 Å². The van der Waals surface area contributed by atoms with Crippen molar-refractivity contribution in [2.75, 3.05) is 6.54 Å². The minimum absolute atomic E-state index is 0.0974. The van der Waals surface area contributed by atoms with Gasteiger partial charge in [0.2, 0.25) is 6.20 Å². The van der Waals surface area contributed by atoms with Gasteiger partial charge in [-0.15, -0.1) is 6.58 Å². The van der Waals surface area contributed by atoms with Gasteiger partial charge in [0.05, 0.1) is 5.56 Å². The summed E-state index contributed by atoms with van der Waals surface area (Å²) in [5.41, 5.74) is 2.05. The predicted molar refractivity (Wildman–Crippen MR) is 75.0 cm³/mol. The van der Waals surface area contributed by atoms with E-state index in [1.165, 1.54) is 12.3 Å². The number of amides is 1. The maximum absolute atomic E-state index is 13.9. The molecule has 2 N–H and O–H groups in total. The van der Waals surface area contributed by atoms with E-state index >= 15 is 0 Å². The fourth-order valence-electron chi connectivity index (χ4n) is 2.61. The molecule has 0 unspecified atom stereocenters. The Morgan fingerprint density at radius 3 is 3.05 bits per heavy atom. The van der Waals surface area contributed by atoms with Crippen LogP contribution in [0.2, 0.25) is 0 Å². The number of nitrogens with one attached hydrogen (secondary N) is 2. The lowest BCUT2D eigenvalue weighted by molar-refractivity contribution is -0.607. The van der Waals surface area contributed by atoms with Crippen molar-refractivity contribution in [2.45, 2.75) is 12.3 Å². The summed E-state index contributed by atoms with van der Waals surface area (Å²) >= 11 is 0. The molecule has 0 saturated heterocycles. The highest BCUT2D eigenvalue weighted by atomic mass is 19.1. The average molecular weight is 287 g/mol. The Labute approximate surface area is 120 Å². The summed E-state index contributed by atoms with van der Waals surface area (Å²) in [6, 6.07) is 3.01. The first kappa shape index (κ1) is 13.4. The molecular formula is C15H14FN3O2. The highest BCUT2D eigenvalue weighted by molar-refractivity contribution is 5.98. The topological polar surface area (TPSA) is 71.8 Å². The smallest absolute Gasteiger partial charge is 0.253 e. The molecule has 0 aromatic carbocycles. The molecule has 5 nitrogen and oxygen atoms in total. The van der Waals surface area contributed by atoms with Crippen LogP contribution in [0.4, 0.5) is 4.39 Å². The monoisotopic (exact) mass is 287 g/mol. The lowest BCUT2D eigenvalue weighted by atomic mass is 9.94. The number of nitrogens with zero attached hydrogens (tertiary/aromatic N) is 1. The standard InChI is InChI=1S/C15H14FN3O2/c1-2-3-9-7-17-15(20)11-6-13(18-14(9)11)10-4-5-19(21)8-12(10)16/h2,4-6,8-9,18H,1,3,7H2,(H,17,20)/t9-/m0/s1. The van der Waals surface area contributed by atoms with E-state index in [1.807, 2.05) is 0 Å². The number of aromatic amines is 1. The number of hydrogen-bond donors (Lipinski definition) is 2. The Kier molecular flexibility index (Phi) is 3.21. The van der Waals surface area contributed by atoms with Crippen LogP contribution in [0.1, 0.15) is 28.4 Å². The number of carbonyl (C=O) groups excluding carboxylic acids is 1. The first-order valence-corrected chi connectivity index (χ1v) is 6.61. The summed E-state index contributed by atoms with van der Waals surface area (Å²) in [5.74, 6) is -0.713. The number of carbonyl (C=O) groups is 1. The van der Waals surface area contributed by atoms with Gasteiger partial charge in [-0.2, -0.15) is 9.12 Å². The van der Waals surface area contributed by atoms with Crippen LogP contribution in [-0.4, -0.2) is 17.4 Å². The van der Waals surface area contributed by atoms with Crippen molar-refractivity contribution in [3.05, 3.63) is 59.5 Å². The molecule has 3 rings (SSSR count). The molecule has 1 aliphatic rings. The molecule has 0 aliphatic carbocycles. The maximum Gasteiger partial charge on any atom is 0.253 e. The number of pyridine rings is 1. The predicted octanol–water partition coefficient (Wildman–Crippen LogP) is 1.86. The van der Waals surface area contributed by atoms with Crippen LogP contribution in [0.15, 0.2) is 37.2 Å². The van der Waals surface area contributed by atoms with Crippen molar-refractivity contribution in [1.29, 1.82) is 0 Å². The normalized spacial score (nSPS) is 17.2. The molecule has 2 aromatic rings. The molecule has 108 valence electrons. The minimum Gasteiger partial charge on any atom is -0.619 e. The molecule has 0 bridgehead atoms. The van der Waals surface area contributed by atoms with Crippen molar-refractivity contribution < 1.29 is 13.9 Å². The Morgan fingerprint density at radius 1 is 1.52 bits per heavy atom. The first-order valence-electron chi connectivity index (χ1n) is 6.61. The second-order valence-corrected chi connectivity index (χ2v) is 5.01. The molecule has 0 fully saturated rings. The number of allylic oxidation sites excluding steroid dienone is 1. The molecule has 1 atom stereocenters. The van der Waals surface area contributed by atoms with Gasteiger partial charge in [0.25, 0.3) is 5.91 Å². The van der Waals surface area contributed by atoms with Crippen molar-refractivity contribution in [3.63, 3.8) is 0 Å². The summed E-state index contributed by atoms with van der Waals surface area (Å²) in [5, 5.41) is 13.9. The third-order valence-electron chi connectivity index (χ3n) is 3.64. The van der Waals surface area contributed by atoms with Gasteiger partial charge in [0, 0.05) is 35.5 Å². The third kappa shape index (κ3) is 2.29. The highest BCUT2D eigenvalue weighted by Gasteiger charge is 2.27. The Hall–Kier alpha value is -2.63. The molecule has 1 aliphatic heterocycles. The molecule has 0 spiro atoms. The number of H-pyrrole nitrogens is 1. The van der Waals surface area contributed by atoms with Gasteiger partial charge < -0.3 is 15.5 Å². The molecule has 0 saturated carbocycles. The van der Waals surface area contributed by atoms with Crippen LogP contribution < -0.4 is 10.0 Å². The van der Waals surface area contributed by atoms with Crippen LogP contribution in [-0.2, 0) is 0 Å². The first-order chi connectivity index (χ1) is 10.1. The van der Waals surface area contributed by atoms with Gasteiger partial charge in [-0.1, -0.05) is 6.08 Å². The van der Waals surface area contributed by atoms with E-state index in [0.29, 0.717) is 29.0 Å². The van der Waals surface area contributed by atoms with Gasteiger partial charge >= 0.3 is 0 Å². The second kappa shape index (κ2) is 5.05. The Balaban J connectivity index is 2.08. The van der Waals surface area contributed by atoms with Crippen molar-refractivity contribution in [1.82, 2.24) is 10.3 Å². The van der Waals surface area contributed by atoms with Crippen LogP contribution in [0.3, 0.4) is 0 Å². The van der Waals surface area contributed by atoms with Crippen LogP contribution in [0, 0.1) is 11.0 Å². The van der Waals surface area contributed by atoms with Gasteiger partial charge in [-0.05, 0) is 12.5 Å². The highest BCUT2D eigenvalue weighted by Crippen LogP contribution is 2.31. The summed E-state index contributed by atoms with van der Waals surface area (Å²) in [6.07, 6.45) is 4.58. The van der Waals surface area contributed by atoms with Gasteiger partial charge in [0.1, 0.15) is 0 Å². The zero-order valence-electron chi connectivity index (χ0n) is 11.2. The molecule has 6 heteroatoms. The van der Waals surface area contributed by atoms with E-state index in [0.717, 1.165) is 11.9 Å². The SMILES string of the molecule is C=CC[C@H]1CNC(=O)c2cc(-c3cc[n+]([O-])cc3F)[nH]c21. The molecule has 21 heavy (non-hydrogen) atoms. The zero-order chi connectivity index (χ0) is 15.0. The van der Waals surface area contributed by atoms with Crippen molar-refractivity contribution in [2.24, 2.45) is 0 Å². The number of fused-ring (bicyclic) bond motifs is 1. The Bertz CT molecular complexity index is 724. The summed E-state index contributed by atoms with van der Waals surface area (Å²) in [7, 11) is 0. The lowest BCUT2D eigenvalue weighted by Gasteiger charge is -2.21. The molecule has 3 heterocycles. The van der Waals surface area contributed by atoms with Gasteiger partial charge in [-0.25, -0.2) is 0 Å². The van der Waals surface area contributed by atoms with E-state index < -0.39 is 5.82 Å². The van der Waals surface area contributed by atoms with Crippen molar-refractivity contribution >= 4 is 5.91 Å².